The molecule has 1 heterocycles. The molecule has 4 nitrogen and oxygen atoms in total. The van der Waals surface area contributed by atoms with Crippen LogP contribution in [-0.2, 0) is 13.6 Å². The fourth-order valence-electron chi connectivity index (χ4n) is 2.89. The Balaban J connectivity index is 1.91. The predicted octanol–water partition coefficient (Wildman–Crippen LogP) is 3.31. The van der Waals surface area contributed by atoms with Crippen molar-refractivity contribution < 1.29 is 0 Å². The van der Waals surface area contributed by atoms with Crippen LogP contribution >= 0.6 is 0 Å². The largest absolute Gasteiger partial charge is 0.357 e. The van der Waals surface area contributed by atoms with Crippen LogP contribution in [0.15, 0.2) is 35.0 Å². The molecule has 1 aromatic rings. The number of nitrogens with zero attached hydrogens (tertiary/aromatic N) is 3. The number of guanidine groups is 1. The van der Waals surface area contributed by atoms with Crippen LogP contribution in [0, 0.1) is 0 Å². The zero-order valence-corrected chi connectivity index (χ0v) is 14.3. The van der Waals surface area contributed by atoms with Crippen LogP contribution in [0.1, 0.15) is 44.7 Å². The quantitative estimate of drug-likeness (QED) is 0.497. The van der Waals surface area contributed by atoms with Crippen molar-refractivity contribution in [1.29, 1.82) is 0 Å². The van der Waals surface area contributed by atoms with Crippen LogP contribution in [0.4, 0.5) is 0 Å². The number of allylic oxidation sites excluding steroid dienone is 1. The molecule has 1 aliphatic carbocycles. The second-order valence-corrected chi connectivity index (χ2v) is 6.06. The van der Waals surface area contributed by atoms with Crippen LogP contribution < -0.4 is 5.32 Å². The summed E-state index contributed by atoms with van der Waals surface area (Å²) in [6.07, 6.45) is 10.8. The monoisotopic (exact) mass is 302 g/mol. The Morgan fingerprint density at radius 3 is 2.91 bits per heavy atom. The average molecular weight is 302 g/mol. The minimum absolute atomic E-state index is 0.873. The van der Waals surface area contributed by atoms with Crippen molar-refractivity contribution in [2.75, 3.05) is 20.1 Å². The fourth-order valence-corrected chi connectivity index (χ4v) is 2.89. The van der Waals surface area contributed by atoms with Crippen molar-refractivity contribution in [3.8, 4) is 0 Å². The number of rotatable bonds is 6. The molecule has 1 aromatic heterocycles. The molecule has 0 atom stereocenters. The summed E-state index contributed by atoms with van der Waals surface area (Å²) in [6, 6.07) is 4.25. The molecule has 0 unspecified atom stereocenters. The Hall–Kier alpha value is -1.71. The molecule has 4 heteroatoms. The van der Waals surface area contributed by atoms with E-state index in [1.807, 2.05) is 0 Å². The van der Waals surface area contributed by atoms with E-state index in [1.54, 1.807) is 5.57 Å². The lowest BCUT2D eigenvalue weighted by Gasteiger charge is -2.22. The minimum Gasteiger partial charge on any atom is -0.357 e. The van der Waals surface area contributed by atoms with Gasteiger partial charge in [0.05, 0.1) is 6.54 Å². The van der Waals surface area contributed by atoms with Gasteiger partial charge >= 0.3 is 0 Å². The first-order valence-corrected chi connectivity index (χ1v) is 8.48. The summed E-state index contributed by atoms with van der Waals surface area (Å²) in [7, 11) is 4.19. The molecule has 0 aliphatic heterocycles. The molecule has 122 valence electrons. The van der Waals surface area contributed by atoms with E-state index in [4.69, 9.17) is 4.99 Å². The maximum Gasteiger partial charge on any atom is 0.194 e. The fraction of sp³-hybridized carbons (Fsp3) is 0.611. The molecule has 22 heavy (non-hydrogen) atoms. The van der Waals surface area contributed by atoms with Crippen molar-refractivity contribution in [2.24, 2.45) is 12.0 Å². The van der Waals surface area contributed by atoms with Gasteiger partial charge in [-0.1, -0.05) is 11.6 Å². The summed E-state index contributed by atoms with van der Waals surface area (Å²) in [5.41, 5.74) is 2.89. The van der Waals surface area contributed by atoms with Gasteiger partial charge in [-0.3, -0.25) is 4.99 Å². The van der Waals surface area contributed by atoms with Gasteiger partial charge in [0.1, 0.15) is 0 Å². The molecular formula is C18H30N4. The molecule has 2 rings (SSSR count). The zero-order valence-electron chi connectivity index (χ0n) is 14.3. The summed E-state index contributed by atoms with van der Waals surface area (Å²) in [6.45, 7) is 4.78. The van der Waals surface area contributed by atoms with Crippen molar-refractivity contribution in [3.05, 3.63) is 35.7 Å². The summed E-state index contributed by atoms with van der Waals surface area (Å²) >= 11 is 0. The molecule has 0 radical (unpaired) electrons. The second-order valence-electron chi connectivity index (χ2n) is 6.06. The summed E-state index contributed by atoms with van der Waals surface area (Å²) < 4.78 is 2.16. The van der Waals surface area contributed by atoms with Crippen molar-refractivity contribution in [3.63, 3.8) is 0 Å². The minimum atomic E-state index is 0.873. The van der Waals surface area contributed by atoms with Gasteiger partial charge in [0.2, 0.25) is 0 Å². The van der Waals surface area contributed by atoms with Gasteiger partial charge in [-0.25, -0.2) is 0 Å². The molecule has 0 aromatic carbocycles. The summed E-state index contributed by atoms with van der Waals surface area (Å²) in [5, 5.41) is 3.40. The first-order chi connectivity index (χ1) is 10.7. The number of hydrogen-bond acceptors (Lipinski definition) is 1. The van der Waals surface area contributed by atoms with E-state index in [1.165, 1.54) is 31.4 Å². The first kappa shape index (κ1) is 16.7. The van der Waals surface area contributed by atoms with E-state index < -0.39 is 0 Å². The van der Waals surface area contributed by atoms with Gasteiger partial charge in [0.15, 0.2) is 5.96 Å². The number of aliphatic imine (C=N–C) groups is 1. The standard InChI is InChI=1S/C18H30N4/c1-4-19-18(20-13-12-16-9-6-5-7-10-16)22(3)15-17-11-8-14-21(17)2/h8-9,11,14H,4-7,10,12-13,15H2,1-3H3,(H,19,20). The van der Waals surface area contributed by atoms with Gasteiger partial charge in [0.25, 0.3) is 0 Å². The van der Waals surface area contributed by atoms with E-state index >= 15 is 0 Å². The highest BCUT2D eigenvalue weighted by Gasteiger charge is 2.08. The number of aryl methyl sites for hydroxylation is 1. The van der Waals surface area contributed by atoms with Gasteiger partial charge < -0.3 is 14.8 Å². The van der Waals surface area contributed by atoms with Gasteiger partial charge in [-0.2, -0.15) is 0 Å². The smallest absolute Gasteiger partial charge is 0.194 e. The third-order valence-corrected chi connectivity index (χ3v) is 4.23. The summed E-state index contributed by atoms with van der Waals surface area (Å²) in [5.74, 6) is 1.00. The highest BCUT2D eigenvalue weighted by atomic mass is 15.3. The molecule has 0 amide bonds. The Kier molecular flexibility index (Phi) is 6.56. The lowest BCUT2D eigenvalue weighted by atomic mass is 9.97. The van der Waals surface area contributed by atoms with Crippen LogP contribution in [0.2, 0.25) is 0 Å². The lowest BCUT2D eigenvalue weighted by Crippen LogP contribution is -2.38. The molecule has 0 saturated heterocycles. The third-order valence-electron chi connectivity index (χ3n) is 4.23. The van der Waals surface area contributed by atoms with Gasteiger partial charge in [0, 0.05) is 39.1 Å². The first-order valence-electron chi connectivity index (χ1n) is 8.48. The molecule has 0 spiro atoms. The van der Waals surface area contributed by atoms with E-state index in [0.717, 1.165) is 32.0 Å². The Morgan fingerprint density at radius 2 is 2.27 bits per heavy atom. The maximum atomic E-state index is 4.80. The highest BCUT2D eigenvalue weighted by Crippen LogP contribution is 2.19. The molecular weight excluding hydrogens is 272 g/mol. The van der Waals surface area contributed by atoms with E-state index in [-0.39, 0.29) is 0 Å². The zero-order chi connectivity index (χ0) is 15.8. The number of nitrogens with one attached hydrogen (secondary N) is 1. The summed E-state index contributed by atoms with van der Waals surface area (Å²) in [4.78, 5) is 7.00. The number of hydrogen-bond donors (Lipinski definition) is 1. The van der Waals surface area contributed by atoms with Crippen LogP contribution in [0.3, 0.4) is 0 Å². The molecule has 0 bridgehead atoms. The van der Waals surface area contributed by atoms with Crippen LogP contribution in [-0.4, -0.2) is 35.6 Å². The molecule has 0 fully saturated rings. The van der Waals surface area contributed by atoms with E-state index in [0.29, 0.717) is 0 Å². The lowest BCUT2D eigenvalue weighted by molar-refractivity contribution is 0.462. The predicted molar refractivity (Wildman–Crippen MR) is 94.0 cm³/mol. The molecule has 1 aliphatic rings. The maximum absolute atomic E-state index is 4.80. The molecule has 1 N–H and O–H groups in total. The van der Waals surface area contributed by atoms with Crippen molar-refractivity contribution in [2.45, 2.75) is 45.6 Å². The highest BCUT2D eigenvalue weighted by molar-refractivity contribution is 5.79. The topological polar surface area (TPSA) is 32.6 Å². The van der Waals surface area contributed by atoms with E-state index in [9.17, 15) is 0 Å². The van der Waals surface area contributed by atoms with Gasteiger partial charge in [-0.05, 0) is 51.2 Å². The average Bonchev–Trinajstić information content (AvgIpc) is 2.92. The number of aromatic nitrogens is 1. The second kappa shape index (κ2) is 8.66. The van der Waals surface area contributed by atoms with Crippen LogP contribution in [0.5, 0.6) is 0 Å². The van der Waals surface area contributed by atoms with Crippen molar-refractivity contribution in [1.82, 2.24) is 14.8 Å². The Bertz CT molecular complexity index is 513. The molecule has 0 saturated carbocycles. The third kappa shape index (κ3) is 4.93. The normalized spacial score (nSPS) is 15.6. The van der Waals surface area contributed by atoms with Crippen molar-refractivity contribution >= 4 is 5.96 Å². The van der Waals surface area contributed by atoms with Gasteiger partial charge in [-0.15, -0.1) is 0 Å². The Morgan fingerprint density at radius 1 is 1.41 bits per heavy atom. The van der Waals surface area contributed by atoms with E-state index in [2.05, 4.69) is 60.2 Å². The van der Waals surface area contributed by atoms with Crippen LogP contribution in [0.25, 0.3) is 0 Å². The SMILES string of the molecule is CCNC(=NCCC1=CCCCC1)N(C)Cc1cccn1C. The Labute approximate surface area is 134 Å².